The summed E-state index contributed by atoms with van der Waals surface area (Å²) in [4.78, 5) is 27.3. The maximum absolute atomic E-state index is 13.7. The summed E-state index contributed by atoms with van der Waals surface area (Å²) in [5, 5.41) is 5.48. The second-order valence-corrected chi connectivity index (χ2v) is 8.93. The van der Waals surface area contributed by atoms with Gasteiger partial charge in [-0.2, -0.15) is 5.10 Å². The lowest BCUT2D eigenvalue weighted by molar-refractivity contribution is -0.199. The molecule has 158 valence electrons. The van der Waals surface area contributed by atoms with Gasteiger partial charge in [-0.15, -0.1) is 0 Å². The third-order valence-electron chi connectivity index (χ3n) is 6.01. The lowest BCUT2D eigenvalue weighted by Crippen LogP contribution is -2.64. The van der Waals surface area contributed by atoms with Crippen molar-refractivity contribution in [2.45, 2.75) is 30.4 Å². The number of hydrogen-bond donors (Lipinski definition) is 0. The number of nitrogens with zero attached hydrogens (tertiary/aromatic N) is 3. The number of amides is 1. The van der Waals surface area contributed by atoms with Gasteiger partial charge in [0.2, 0.25) is 5.60 Å². The van der Waals surface area contributed by atoms with Gasteiger partial charge in [0.05, 0.1) is 24.3 Å². The summed E-state index contributed by atoms with van der Waals surface area (Å²) in [6.07, 6.45) is 3.87. The first-order valence-corrected chi connectivity index (χ1v) is 10.7. The van der Waals surface area contributed by atoms with Crippen LogP contribution < -0.4 is 4.90 Å². The number of aromatic nitrogens is 2. The Bertz CT molecular complexity index is 1170. The zero-order valence-corrected chi connectivity index (χ0v) is 18.2. The highest BCUT2D eigenvalue weighted by molar-refractivity contribution is 6.30. The van der Waals surface area contributed by atoms with Gasteiger partial charge in [0.1, 0.15) is 0 Å². The Labute approximate surface area is 189 Å². The Morgan fingerprint density at radius 3 is 2.42 bits per heavy atom. The number of benzene rings is 2. The van der Waals surface area contributed by atoms with Crippen molar-refractivity contribution in [3.05, 3.63) is 82.1 Å². The van der Waals surface area contributed by atoms with E-state index in [9.17, 15) is 9.59 Å². The quantitative estimate of drug-likeness (QED) is 0.538. The molecule has 1 amide bonds. The van der Waals surface area contributed by atoms with Crippen LogP contribution >= 0.6 is 23.2 Å². The normalized spacial score (nSPS) is 25.5. The van der Waals surface area contributed by atoms with Crippen molar-refractivity contribution in [2.24, 2.45) is 7.05 Å². The van der Waals surface area contributed by atoms with E-state index >= 15 is 0 Å². The number of rotatable bonds is 3. The van der Waals surface area contributed by atoms with Crippen LogP contribution in [0, 0.1) is 0 Å². The Morgan fingerprint density at radius 1 is 1.06 bits per heavy atom. The molecule has 1 aromatic heterocycles. The lowest BCUT2D eigenvalue weighted by Gasteiger charge is -2.52. The van der Waals surface area contributed by atoms with E-state index in [0.29, 0.717) is 22.2 Å². The van der Waals surface area contributed by atoms with Gasteiger partial charge in [-0.05, 0) is 35.4 Å². The maximum Gasteiger partial charge on any atom is 0.311 e. The number of esters is 1. The minimum absolute atomic E-state index is 0.0625. The van der Waals surface area contributed by atoms with Crippen molar-refractivity contribution in [1.29, 1.82) is 0 Å². The van der Waals surface area contributed by atoms with E-state index < -0.39 is 5.60 Å². The van der Waals surface area contributed by atoms with Gasteiger partial charge in [-0.1, -0.05) is 47.5 Å². The molecule has 2 fully saturated rings. The number of halogens is 2. The number of anilines is 1. The minimum atomic E-state index is -1.18. The van der Waals surface area contributed by atoms with E-state index in [1.807, 2.05) is 48.5 Å². The van der Waals surface area contributed by atoms with Gasteiger partial charge >= 0.3 is 5.97 Å². The molecule has 3 atom stereocenters. The highest BCUT2D eigenvalue weighted by atomic mass is 35.5. The molecule has 2 aromatic carbocycles. The van der Waals surface area contributed by atoms with Crippen LogP contribution in [0.2, 0.25) is 10.0 Å². The van der Waals surface area contributed by atoms with Crippen molar-refractivity contribution in [3.8, 4) is 0 Å². The molecular formula is C23H19Cl2N3O3. The molecule has 5 rings (SSSR count). The molecule has 2 aliphatic rings. The Hall–Kier alpha value is -2.83. The summed E-state index contributed by atoms with van der Waals surface area (Å²) in [5.41, 5.74) is 1.35. The average Bonchev–Trinajstić information content (AvgIpc) is 3.15. The second kappa shape index (κ2) is 7.39. The maximum atomic E-state index is 13.7. The minimum Gasteiger partial charge on any atom is -0.448 e. The van der Waals surface area contributed by atoms with Crippen LogP contribution in [0.5, 0.6) is 0 Å². The first-order chi connectivity index (χ1) is 14.9. The SMILES string of the molecule is Cn1cc(N2C(=O)C3(CC(=O)O3)CC(c3cccc(Cl)c3)C2c2ccc(Cl)cc2)cn1. The van der Waals surface area contributed by atoms with Crippen molar-refractivity contribution in [3.63, 3.8) is 0 Å². The van der Waals surface area contributed by atoms with Crippen LogP contribution in [0.1, 0.15) is 35.9 Å². The van der Waals surface area contributed by atoms with E-state index in [0.717, 1.165) is 11.1 Å². The molecule has 2 saturated heterocycles. The highest BCUT2D eigenvalue weighted by Gasteiger charge is 2.61. The summed E-state index contributed by atoms with van der Waals surface area (Å²) in [5.74, 6) is -0.765. The average molecular weight is 456 g/mol. The predicted octanol–water partition coefficient (Wildman–Crippen LogP) is 4.67. The van der Waals surface area contributed by atoms with Gasteiger partial charge in [0, 0.05) is 35.6 Å². The molecule has 2 aliphatic heterocycles. The molecule has 8 heteroatoms. The van der Waals surface area contributed by atoms with Crippen LogP contribution in [0.15, 0.2) is 60.9 Å². The Kier molecular flexibility index (Phi) is 4.79. The summed E-state index contributed by atoms with van der Waals surface area (Å²) in [7, 11) is 1.79. The van der Waals surface area contributed by atoms with Gasteiger partial charge in [0.25, 0.3) is 5.91 Å². The number of carbonyl (C=O) groups is 2. The second-order valence-electron chi connectivity index (χ2n) is 8.05. The fourth-order valence-corrected chi connectivity index (χ4v) is 4.97. The molecule has 3 heterocycles. The van der Waals surface area contributed by atoms with Crippen molar-refractivity contribution in [1.82, 2.24) is 9.78 Å². The predicted molar refractivity (Wildman–Crippen MR) is 117 cm³/mol. The molecule has 3 unspecified atom stereocenters. The largest absolute Gasteiger partial charge is 0.448 e. The van der Waals surface area contributed by atoms with E-state index in [4.69, 9.17) is 27.9 Å². The van der Waals surface area contributed by atoms with Gasteiger partial charge in [0.15, 0.2) is 0 Å². The zero-order valence-electron chi connectivity index (χ0n) is 16.7. The number of piperidine rings is 1. The Morgan fingerprint density at radius 2 is 1.81 bits per heavy atom. The molecule has 0 bridgehead atoms. The monoisotopic (exact) mass is 455 g/mol. The van der Waals surface area contributed by atoms with Crippen molar-refractivity contribution in [2.75, 3.05) is 4.90 Å². The molecule has 0 radical (unpaired) electrons. The highest BCUT2D eigenvalue weighted by Crippen LogP contribution is 2.52. The van der Waals surface area contributed by atoms with Crippen LogP contribution in [-0.4, -0.2) is 27.3 Å². The summed E-state index contributed by atoms with van der Waals surface area (Å²) in [6.45, 7) is 0. The van der Waals surface area contributed by atoms with Gasteiger partial charge in [-0.25, -0.2) is 0 Å². The molecule has 0 saturated carbocycles. The zero-order chi connectivity index (χ0) is 21.8. The topological polar surface area (TPSA) is 64.4 Å². The smallest absolute Gasteiger partial charge is 0.311 e. The van der Waals surface area contributed by atoms with E-state index in [2.05, 4.69) is 5.10 Å². The summed E-state index contributed by atoms with van der Waals surface area (Å²) >= 11 is 12.4. The van der Waals surface area contributed by atoms with E-state index in [1.165, 1.54) is 0 Å². The number of aryl methyl sites for hydroxylation is 1. The molecule has 6 nitrogen and oxygen atoms in total. The molecular weight excluding hydrogens is 437 g/mol. The van der Waals surface area contributed by atoms with E-state index in [-0.39, 0.29) is 30.3 Å². The van der Waals surface area contributed by atoms with Crippen molar-refractivity contribution >= 4 is 40.8 Å². The van der Waals surface area contributed by atoms with Gasteiger partial charge < -0.3 is 4.74 Å². The lowest BCUT2D eigenvalue weighted by atomic mass is 9.71. The third kappa shape index (κ3) is 3.40. The van der Waals surface area contributed by atoms with E-state index in [1.54, 1.807) is 29.0 Å². The first-order valence-electron chi connectivity index (χ1n) is 9.91. The molecule has 3 aromatic rings. The molecule has 0 aliphatic carbocycles. The van der Waals surface area contributed by atoms with Crippen LogP contribution in [0.4, 0.5) is 5.69 Å². The van der Waals surface area contributed by atoms with Crippen LogP contribution in [-0.2, 0) is 21.4 Å². The molecule has 31 heavy (non-hydrogen) atoms. The van der Waals surface area contributed by atoms with Crippen molar-refractivity contribution < 1.29 is 14.3 Å². The Balaban J connectivity index is 1.70. The third-order valence-corrected chi connectivity index (χ3v) is 6.50. The summed E-state index contributed by atoms with van der Waals surface area (Å²) in [6, 6.07) is 14.7. The number of carbonyl (C=O) groups excluding carboxylic acids is 2. The number of ether oxygens (including phenoxy) is 1. The molecule has 0 N–H and O–H groups in total. The molecule has 1 spiro atoms. The summed E-state index contributed by atoms with van der Waals surface area (Å²) < 4.78 is 7.16. The van der Waals surface area contributed by atoms with Gasteiger partial charge in [-0.3, -0.25) is 19.2 Å². The van der Waals surface area contributed by atoms with Crippen LogP contribution in [0.3, 0.4) is 0 Å². The fourth-order valence-electron chi connectivity index (χ4n) is 4.65. The first kappa shape index (κ1) is 20.1. The fraction of sp³-hybridized carbons (Fsp3) is 0.261. The van der Waals surface area contributed by atoms with Crippen LogP contribution in [0.25, 0.3) is 0 Å². The standard InChI is InChI=1S/C23H19Cl2N3O3/c1-27-13-18(12-26-27)28-21(14-5-7-16(24)8-6-14)19(15-3-2-4-17(25)9-15)10-23(22(28)30)11-20(29)31-23/h2-9,12-13,19,21H,10-11H2,1H3. The number of hydrogen-bond acceptors (Lipinski definition) is 4.